The summed E-state index contributed by atoms with van der Waals surface area (Å²) in [4.78, 5) is 25.2. The zero-order chi connectivity index (χ0) is 19.9. The van der Waals surface area contributed by atoms with Crippen molar-refractivity contribution in [2.24, 2.45) is 11.7 Å². The molecule has 1 amide bonds. The normalized spacial score (nSPS) is 14.3. The topological polar surface area (TPSA) is 81.4 Å². The van der Waals surface area contributed by atoms with E-state index in [0.29, 0.717) is 6.42 Å². The number of carbonyl (C=O) groups excluding carboxylic acids is 2. The van der Waals surface area contributed by atoms with Crippen LogP contribution in [0.2, 0.25) is 0 Å². The molecule has 0 aromatic heterocycles. The smallest absolute Gasteiger partial charge is 0.329 e. The number of hydrogen-bond donors (Lipinski definition) is 2. The molecule has 5 nitrogen and oxygen atoms in total. The number of esters is 1. The fourth-order valence-corrected chi connectivity index (χ4v) is 2.72. The van der Waals surface area contributed by atoms with E-state index in [0.717, 1.165) is 11.1 Å². The minimum Gasteiger partial charge on any atom is -0.459 e. The highest BCUT2D eigenvalue weighted by molar-refractivity contribution is 5.90. The highest BCUT2D eigenvalue weighted by Crippen LogP contribution is 2.13. The van der Waals surface area contributed by atoms with E-state index in [1.54, 1.807) is 6.92 Å². The number of hydrogen-bond acceptors (Lipinski definition) is 4. The van der Waals surface area contributed by atoms with Crippen molar-refractivity contribution < 1.29 is 14.3 Å². The Morgan fingerprint density at radius 3 is 2.04 bits per heavy atom. The van der Waals surface area contributed by atoms with E-state index in [1.165, 1.54) is 0 Å². The minimum atomic E-state index is -1.13. The van der Waals surface area contributed by atoms with Crippen LogP contribution in [0.3, 0.4) is 0 Å². The van der Waals surface area contributed by atoms with Gasteiger partial charge >= 0.3 is 5.97 Å². The van der Waals surface area contributed by atoms with Gasteiger partial charge in [0, 0.05) is 0 Å². The maximum absolute atomic E-state index is 12.7. The lowest BCUT2D eigenvalue weighted by molar-refractivity contribution is -0.151. The minimum absolute atomic E-state index is 0.121. The molecule has 0 radical (unpaired) electrons. The Morgan fingerprint density at radius 1 is 1.00 bits per heavy atom. The lowest BCUT2D eigenvalue weighted by atomic mass is 9.92. The lowest BCUT2D eigenvalue weighted by Gasteiger charge is -2.28. The first-order valence-electron chi connectivity index (χ1n) is 9.14. The van der Waals surface area contributed by atoms with Gasteiger partial charge in [-0.3, -0.25) is 4.79 Å². The van der Waals surface area contributed by atoms with Crippen LogP contribution in [0.1, 0.15) is 31.9 Å². The Balaban J connectivity index is 1.99. The maximum atomic E-state index is 12.7. The molecular formula is C22H28N2O3. The Morgan fingerprint density at radius 2 is 1.52 bits per heavy atom. The molecule has 0 saturated heterocycles. The average molecular weight is 368 g/mol. The number of carbonyl (C=O) groups is 2. The monoisotopic (exact) mass is 368 g/mol. The van der Waals surface area contributed by atoms with Crippen LogP contribution in [0.25, 0.3) is 0 Å². The second-order valence-corrected chi connectivity index (χ2v) is 7.37. The largest absolute Gasteiger partial charge is 0.459 e. The van der Waals surface area contributed by atoms with Crippen molar-refractivity contribution in [2.45, 2.75) is 45.4 Å². The molecule has 144 valence electrons. The van der Waals surface area contributed by atoms with E-state index in [1.807, 2.05) is 74.5 Å². The van der Waals surface area contributed by atoms with Gasteiger partial charge in [0.1, 0.15) is 12.6 Å². The van der Waals surface area contributed by atoms with Crippen molar-refractivity contribution in [3.05, 3.63) is 71.8 Å². The van der Waals surface area contributed by atoms with E-state index in [9.17, 15) is 9.59 Å². The molecule has 0 unspecified atom stereocenters. The van der Waals surface area contributed by atoms with Gasteiger partial charge in [-0.15, -0.1) is 0 Å². The van der Waals surface area contributed by atoms with Crippen molar-refractivity contribution in [1.82, 2.24) is 5.32 Å². The summed E-state index contributed by atoms with van der Waals surface area (Å²) in [6.45, 7) is 5.56. The zero-order valence-corrected chi connectivity index (χ0v) is 16.1. The van der Waals surface area contributed by atoms with Crippen molar-refractivity contribution in [2.75, 3.05) is 0 Å². The summed E-state index contributed by atoms with van der Waals surface area (Å²) in [5.74, 6) is -0.954. The molecule has 0 aliphatic carbocycles. The summed E-state index contributed by atoms with van der Waals surface area (Å²) in [6.07, 6.45) is 0.379. The van der Waals surface area contributed by atoms with Gasteiger partial charge in [-0.1, -0.05) is 74.5 Å². The van der Waals surface area contributed by atoms with Crippen LogP contribution in [0.15, 0.2) is 60.7 Å². The predicted molar refractivity (Wildman–Crippen MR) is 106 cm³/mol. The van der Waals surface area contributed by atoms with Gasteiger partial charge in [0.05, 0.1) is 5.54 Å². The molecule has 0 aliphatic rings. The number of rotatable bonds is 8. The second-order valence-electron chi connectivity index (χ2n) is 7.37. The molecule has 0 heterocycles. The Bertz CT molecular complexity index is 743. The van der Waals surface area contributed by atoms with Crippen molar-refractivity contribution in [3.63, 3.8) is 0 Å². The van der Waals surface area contributed by atoms with Gasteiger partial charge in [-0.05, 0) is 30.4 Å². The van der Waals surface area contributed by atoms with Gasteiger partial charge in [0.25, 0.3) is 0 Å². The molecule has 27 heavy (non-hydrogen) atoms. The predicted octanol–water partition coefficient (Wildman–Crippen LogP) is 2.83. The highest BCUT2D eigenvalue weighted by atomic mass is 16.5. The summed E-state index contributed by atoms with van der Waals surface area (Å²) >= 11 is 0. The van der Waals surface area contributed by atoms with Crippen molar-refractivity contribution >= 4 is 11.9 Å². The highest BCUT2D eigenvalue weighted by Gasteiger charge is 2.34. The summed E-state index contributed by atoms with van der Waals surface area (Å²) in [6, 6.07) is 18.2. The third-order valence-electron chi connectivity index (χ3n) is 4.36. The van der Waals surface area contributed by atoms with Gasteiger partial charge in [-0.25, -0.2) is 4.79 Å². The molecular weight excluding hydrogens is 340 g/mol. The Kier molecular flexibility index (Phi) is 7.13. The number of nitrogens with two attached hydrogens (primary N) is 1. The van der Waals surface area contributed by atoms with Crippen LogP contribution in [-0.4, -0.2) is 23.5 Å². The summed E-state index contributed by atoms with van der Waals surface area (Å²) in [7, 11) is 0. The summed E-state index contributed by atoms with van der Waals surface area (Å²) in [5.41, 5.74) is 6.97. The van der Waals surface area contributed by atoms with Gasteiger partial charge < -0.3 is 15.8 Å². The molecule has 2 rings (SSSR count). The van der Waals surface area contributed by atoms with E-state index in [2.05, 4.69) is 5.32 Å². The maximum Gasteiger partial charge on any atom is 0.329 e. The molecule has 0 fully saturated rings. The van der Waals surface area contributed by atoms with Crippen LogP contribution in [0, 0.1) is 5.92 Å². The molecule has 2 atom stereocenters. The fourth-order valence-electron chi connectivity index (χ4n) is 2.72. The van der Waals surface area contributed by atoms with Crippen LogP contribution in [0.4, 0.5) is 0 Å². The average Bonchev–Trinajstić information content (AvgIpc) is 2.65. The van der Waals surface area contributed by atoms with Crippen molar-refractivity contribution in [3.8, 4) is 0 Å². The fraction of sp³-hybridized carbons (Fsp3) is 0.364. The third kappa shape index (κ3) is 6.22. The van der Waals surface area contributed by atoms with E-state index in [4.69, 9.17) is 10.5 Å². The standard InChI is InChI=1S/C22H28N2O3/c1-16(2)19(20(25)27-15-18-12-8-5-9-13-18)24-21(26)22(3,23)14-17-10-6-4-7-11-17/h4-13,16,19H,14-15,23H2,1-3H3,(H,24,26)/t19-,22+/m0/s1. The molecule has 5 heteroatoms. The molecule has 0 saturated carbocycles. The summed E-state index contributed by atoms with van der Waals surface area (Å²) in [5, 5.41) is 2.77. The molecule has 0 aliphatic heterocycles. The SMILES string of the molecule is CC(C)[C@H](NC(=O)[C@](C)(N)Cc1ccccc1)C(=O)OCc1ccccc1. The van der Waals surface area contributed by atoms with E-state index in [-0.39, 0.29) is 18.4 Å². The molecule has 0 spiro atoms. The lowest BCUT2D eigenvalue weighted by Crippen LogP contribution is -2.58. The number of amides is 1. The van der Waals surface area contributed by atoms with E-state index >= 15 is 0 Å². The number of ether oxygens (including phenoxy) is 1. The van der Waals surface area contributed by atoms with Crippen LogP contribution < -0.4 is 11.1 Å². The Labute approximate surface area is 160 Å². The molecule has 2 aromatic rings. The van der Waals surface area contributed by atoms with Crippen LogP contribution in [0.5, 0.6) is 0 Å². The number of nitrogens with one attached hydrogen (secondary N) is 1. The molecule has 3 N–H and O–H groups in total. The van der Waals surface area contributed by atoms with Crippen LogP contribution >= 0.6 is 0 Å². The quantitative estimate of drug-likeness (QED) is 0.702. The summed E-state index contributed by atoms with van der Waals surface area (Å²) < 4.78 is 5.39. The first-order chi connectivity index (χ1) is 12.8. The Hall–Kier alpha value is -2.66. The third-order valence-corrected chi connectivity index (χ3v) is 4.36. The second kappa shape index (κ2) is 9.33. The van der Waals surface area contributed by atoms with Crippen molar-refractivity contribution in [1.29, 1.82) is 0 Å². The van der Waals surface area contributed by atoms with Crippen LogP contribution in [-0.2, 0) is 27.4 Å². The van der Waals surface area contributed by atoms with Gasteiger partial charge in [0.2, 0.25) is 5.91 Å². The molecule has 2 aromatic carbocycles. The zero-order valence-electron chi connectivity index (χ0n) is 16.1. The molecule has 0 bridgehead atoms. The van der Waals surface area contributed by atoms with Gasteiger partial charge in [-0.2, -0.15) is 0 Å². The number of benzene rings is 2. The first kappa shape index (κ1) is 20.6. The first-order valence-corrected chi connectivity index (χ1v) is 9.14. The van der Waals surface area contributed by atoms with Gasteiger partial charge in [0.15, 0.2) is 0 Å². The van der Waals surface area contributed by atoms with E-state index < -0.39 is 17.6 Å².